The van der Waals surface area contributed by atoms with Gasteiger partial charge in [0, 0.05) is 12.2 Å². The topological polar surface area (TPSA) is 171 Å². The molecule has 2 aromatic rings. The lowest BCUT2D eigenvalue weighted by Crippen LogP contribution is -2.59. The van der Waals surface area contributed by atoms with Crippen LogP contribution >= 0.6 is 21.6 Å². The average molecular weight is 579 g/mol. The fourth-order valence-electron chi connectivity index (χ4n) is 3.88. The highest BCUT2D eigenvalue weighted by Gasteiger charge is 2.40. The summed E-state index contributed by atoms with van der Waals surface area (Å²) >= 11 is 0. The number of carboxylic acids is 1. The van der Waals surface area contributed by atoms with E-state index in [1.807, 2.05) is 0 Å². The van der Waals surface area contributed by atoms with Gasteiger partial charge in [-0.15, -0.1) is 0 Å². The fraction of sp³-hybridized carbons (Fsp3) is 0.385. The van der Waals surface area contributed by atoms with Crippen LogP contribution in [-0.2, 0) is 32.0 Å². The number of rotatable bonds is 7. The quantitative estimate of drug-likeness (QED) is 0.266. The van der Waals surface area contributed by atoms with Crippen LogP contribution in [0.25, 0.3) is 0 Å². The van der Waals surface area contributed by atoms with Gasteiger partial charge in [-0.3, -0.25) is 14.4 Å². The van der Waals surface area contributed by atoms with Crippen LogP contribution in [0.15, 0.2) is 48.5 Å². The zero-order chi connectivity index (χ0) is 28.7. The summed E-state index contributed by atoms with van der Waals surface area (Å²) < 4.78 is 13.4. The highest BCUT2D eigenvalue weighted by molar-refractivity contribution is 8.77. The van der Waals surface area contributed by atoms with Crippen LogP contribution in [0.4, 0.5) is 4.39 Å². The first-order chi connectivity index (χ1) is 18.4. The molecule has 0 aliphatic carbocycles. The van der Waals surface area contributed by atoms with Crippen LogP contribution < -0.4 is 21.7 Å². The SMILES string of the molecule is CC1(C)SSC[C@@H](NC(=O)[C@@H](N)Cc2ccc(O)cc2)C(=O)NC(Cc2ccccc2F)C(=O)N[C@H]1C(=O)O. The minimum Gasteiger partial charge on any atom is -0.508 e. The molecule has 1 fully saturated rings. The van der Waals surface area contributed by atoms with Crippen molar-refractivity contribution in [1.29, 1.82) is 0 Å². The first-order valence-corrected chi connectivity index (χ1v) is 14.4. The normalized spacial score (nSPS) is 22.5. The molecule has 1 aliphatic rings. The number of phenols is 1. The highest BCUT2D eigenvalue weighted by atomic mass is 33.1. The number of halogens is 1. The number of carbonyl (C=O) groups excluding carboxylic acids is 3. The van der Waals surface area contributed by atoms with Crippen molar-refractivity contribution in [3.63, 3.8) is 0 Å². The van der Waals surface area contributed by atoms with Gasteiger partial charge in [0.2, 0.25) is 17.7 Å². The maximum absolute atomic E-state index is 14.4. The lowest BCUT2D eigenvalue weighted by molar-refractivity contribution is -0.143. The molecule has 0 saturated carbocycles. The van der Waals surface area contributed by atoms with Gasteiger partial charge in [-0.25, -0.2) is 9.18 Å². The Morgan fingerprint density at radius 3 is 2.44 bits per heavy atom. The van der Waals surface area contributed by atoms with Gasteiger partial charge in [-0.2, -0.15) is 0 Å². The molecule has 0 aromatic heterocycles. The second-order valence-electron chi connectivity index (χ2n) is 9.65. The van der Waals surface area contributed by atoms with Crippen LogP contribution in [-0.4, -0.2) is 68.6 Å². The molecule has 1 heterocycles. The Bertz CT molecular complexity index is 1210. The van der Waals surface area contributed by atoms with E-state index < -0.39 is 58.4 Å². The van der Waals surface area contributed by atoms with Crippen molar-refractivity contribution >= 4 is 45.3 Å². The number of nitrogens with one attached hydrogen (secondary N) is 3. The Morgan fingerprint density at radius 1 is 1.13 bits per heavy atom. The van der Waals surface area contributed by atoms with Crippen LogP contribution in [0.3, 0.4) is 0 Å². The summed E-state index contributed by atoms with van der Waals surface area (Å²) in [6, 6.07) is 7.19. The Kier molecular flexibility index (Phi) is 10.2. The molecule has 4 atom stereocenters. The number of amides is 3. The van der Waals surface area contributed by atoms with Crippen molar-refractivity contribution in [3.05, 3.63) is 65.5 Å². The van der Waals surface area contributed by atoms with E-state index in [1.165, 1.54) is 41.1 Å². The molecular weight excluding hydrogens is 547 g/mol. The van der Waals surface area contributed by atoms with Crippen LogP contribution in [0, 0.1) is 5.82 Å². The predicted octanol–water partition coefficient (Wildman–Crippen LogP) is 1.36. The number of aromatic hydroxyl groups is 1. The van der Waals surface area contributed by atoms with E-state index in [4.69, 9.17) is 5.73 Å². The molecule has 10 nitrogen and oxygen atoms in total. The lowest BCUT2D eigenvalue weighted by Gasteiger charge is -2.31. The van der Waals surface area contributed by atoms with Crippen molar-refractivity contribution < 1.29 is 33.8 Å². The molecule has 1 aliphatic heterocycles. The second-order valence-corrected chi connectivity index (χ2v) is 12.6. The minimum atomic E-state index is -1.31. The predicted molar refractivity (Wildman–Crippen MR) is 147 cm³/mol. The first kappa shape index (κ1) is 30.3. The number of aliphatic carboxylic acids is 1. The summed E-state index contributed by atoms with van der Waals surface area (Å²) in [5, 5.41) is 26.9. The molecular formula is C26H31FN4O6S2. The lowest BCUT2D eigenvalue weighted by atomic mass is 10.0. The number of nitrogens with two attached hydrogens (primary N) is 1. The van der Waals surface area contributed by atoms with Gasteiger partial charge in [-0.1, -0.05) is 51.9 Å². The Morgan fingerprint density at radius 2 is 1.79 bits per heavy atom. The van der Waals surface area contributed by atoms with E-state index in [9.17, 15) is 33.8 Å². The third-order valence-corrected chi connectivity index (χ3v) is 9.42. The van der Waals surface area contributed by atoms with Gasteiger partial charge < -0.3 is 31.9 Å². The highest BCUT2D eigenvalue weighted by Crippen LogP contribution is 2.39. The number of hydrogen-bond acceptors (Lipinski definition) is 8. The van der Waals surface area contributed by atoms with Crippen molar-refractivity contribution in [1.82, 2.24) is 16.0 Å². The number of carbonyl (C=O) groups is 4. The molecule has 13 heteroatoms. The minimum absolute atomic E-state index is 0.0462. The second kappa shape index (κ2) is 13.2. The molecule has 1 saturated heterocycles. The molecule has 3 rings (SSSR count). The average Bonchev–Trinajstić information content (AvgIpc) is 2.88. The zero-order valence-corrected chi connectivity index (χ0v) is 23.0. The molecule has 210 valence electrons. The van der Waals surface area contributed by atoms with Crippen LogP contribution in [0.2, 0.25) is 0 Å². The van der Waals surface area contributed by atoms with E-state index in [0.29, 0.717) is 5.56 Å². The van der Waals surface area contributed by atoms with Gasteiger partial charge in [0.15, 0.2) is 0 Å². The number of hydrogen-bond donors (Lipinski definition) is 6. The Balaban J connectivity index is 1.84. The van der Waals surface area contributed by atoms with E-state index >= 15 is 0 Å². The molecule has 3 amide bonds. The van der Waals surface area contributed by atoms with Crippen molar-refractivity contribution in [3.8, 4) is 5.75 Å². The first-order valence-electron chi connectivity index (χ1n) is 12.1. The van der Waals surface area contributed by atoms with E-state index in [1.54, 1.807) is 32.0 Å². The van der Waals surface area contributed by atoms with E-state index in [-0.39, 0.29) is 29.9 Å². The monoisotopic (exact) mass is 578 g/mol. The van der Waals surface area contributed by atoms with Crippen molar-refractivity contribution in [2.24, 2.45) is 5.73 Å². The Labute approximate surface area is 233 Å². The van der Waals surface area contributed by atoms with Crippen LogP contribution in [0.1, 0.15) is 25.0 Å². The molecule has 39 heavy (non-hydrogen) atoms. The molecule has 0 radical (unpaired) electrons. The largest absolute Gasteiger partial charge is 0.508 e. The van der Waals surface area contributed by atoms with Gasteiger partial charge in [0.05, 0.1) is 10.8 Å². The fourth-order valence-corrected chi connectivity index (χ4v) is 6.69. The maximum Gasteiger partial charge on any atom is 0.327 e. The number of phenolic OH excluding ortho intramolecular Hbond substituents is 1. The van der Waals surface area contributed by atoms with E-state index in [0.717, 1.165) is 10.8 Å². The molecule has 1 unspecified atom stereocenters. The third-order valence-electron chi connectivity index (χ3n) is 6.11. The molecule has 0 spiro atoms. The van der Waals surface area contributed by atoms with Crippen molar-refractivity contribution in [2.45, 2.75) is 55.6 Å². The van der Waals surface area contributed by atoms with E-state index in [2.05, 4.69) is 16.0 Å². The maximum atomic E-state index is 14.4. The van der Waals surface area contributed by atoms with Gasteiger partial charge in [0.1, 0.15) is 29.7 Å². The standard InChI is InChI=1S/C26H31FN4O6S2/c1-26(2)21(25(36)37)31-23(34)19(12-15-5-3-4-6-17(15)27)29-24(35)20(13-38-39-26)30-22(33)18(28)11-14-7-9-16(32)10-8-14/h3-10,18-21,32H,11-13,28H2,1-2H3,(H,29,35)(H,30,33)(H,31,34)(H,36,37)/t18-,19?,20+,21-/m0/s1. The molecule has 7 N–H and O–H groups in total. The van der Waals surface area contributed by atoms with Gasteiger partial charge in [0.25, 0.3) is 0 Å². The Hall–Kier alpha value is -3.29. The zero-order valence-electron chi connectivity index (χ0n) is 21.3. The van der Waals surface area contributed by atoms with Gasteiger partial charge >= 0.3 is 5.97 Å². The summed E-state index contributed by atoms with van der Waals surface area (Å²) in [6.45, 7) is 3.29. The summed E-state index contributed by atoms with van der Waals surface area (Å²) in [7, 11) is 2.32. The van der Waals surface area contributed by atoms with Gasteiger partial charge in [-0.05, 0) is 49.6 Å². The number of carboxylic acid groups (broad SMARTS) is 1. The van der Waals surface area contributed by atoms with Crippen LogP contribution in [0.5, 0.6) is 5.75 Å². The summed E-state index contributed by atoms with van der Waals surface area (Å²) in [4.78, 5) is 51.5. The third kappa shape index (κ3) is 8.35. The molecule has 2 aromatic carbocycles. The smallest absolute Gasteiger partial charge is 0.327 e. The summed E-state index contributed by atoms with van der Waals surface area (Å²) in [6.07, 6.45) is -0.0910. The van der Waals surface area contributed by atoms with Crippen molar-refractivity contribution in [2.75, 3.05) is 5.75 Å². The number of benzene rings is 2. The summed E-state index contributed by atoms with van der Waals surface area (Å²) in [5.41, 5.74) is 6.93. The molecule has 0 bridgehead atoms. The summed E-state index contributed by atoms with van der Waals surface area (Å²) in [5.74, 6) is -3.83.